The monoisotopic (exact) mass is 463 g/mol. The third kappa shape index (κ3) is 5.09. The number of aromatic nitrogens is 4. The van der Waals surface area contributed by atoms with Gasteiger partial charge in [0.1, 0.15) is 15.7 Å². The quantitative estimate of drug-likeness (QED) is 0.434. The number of aryl methyl sites for hydroxylation is 3. The molecule has 0 radical (unpaired) electrons. The summed E-state index contributed by atoms with van der Waals surface area (Å²) in [6.07, 6.45) is 7.93. The van der Waals surface area contributed by atoms with Gasteiger partial charge in [-0.2, -0.15) is 11.8 Å². The first kappa shape index (κ1) is 21.5. The molecular formula is C20H25N5O2S3. The van der Waals surface area contributed by atoms with Crippen LogP contribution >= 0.6 is 34.4 Å². The Morgan fingerprint density at radius 2 is 2.13 bits per heavy atom. The van der Waals surface area contributed by atoms with E-state index in [0.29, 0.717) is 28.9 Å². The van der Waals surface area contributed by atoms with Gasteiger partial charge in [0.2, 0.25) is 11.0 Å². The molecule has 4 rings (SSSR count). The second-order valence-corrected chi connectivity index (χ2v) is 10.6. The van der Waals surface area contributed by atoms with Gasteiger partial charge in [-0.1, -0.05) is 31.1 Å². The van der Waals surface area contributed by atoms with Crippen LogP contribution in [-0.4, -0.2) is 31.8 Å². The lowest BCUT2D eigenvalue weighted by Crippen LogP contribution is -2.13. The highest BCUT2D eigenvalue weighted by Gasteiger charge is 2.21. The normalized spacial score (nSPS) is 13.1. The predicted molar refractivity (Wildman–Crippen MR) is 125 cm³/mol. The lowest BCUT2D eigenvalue weighted by atomic mass is 10.2. The molecule has 7 nitrogen and oxygen atoms in total. The largest absolute Gasteiger partial charge is 0.309 e. The number of rotatable bonds is 10. The molecular weight excluding hydrogens is 438 g/mol. The Hall–Kier alpha value is -1.78. The second kappa shape index (κ2) is 10.0. The zero-order valence-electron chi connectivity index (χ0n) is 17.0. The summed E-state index contributed by atoms with van der Waals surface area (Å²) in [7, 11) is 0. The van der Waals surface area contributed by atoms with Crippen LogP contribution in [0.25, 0.3) is 10.2 Å². The Bertz CT molecular complexity index is 1090. The first-order chi connectivity index (χ1) is 14.6. The molecule has 30 heavy (non-hydrogen) atoms. The van der Waals surface area contributed by atoms with Crippen LogP contribution in [-0.2, 0) is 29.8 Å². The third-order valence-corrected chi connectivity index (χ3v) is 8.10. The number of fused-ring (bicyclic) bond motifs is 3. The molecule has 3 aromatic rings. The van der Waals surface area contributed by atoms with Crippen LogP contribution in [0.1, 0.15) is 60.3 Å². The van der Waals surface area contributed by atoms with Crippen LogP contribution in [0.3, 0.4) is 0 Å². The number of nitrogens with zero attached hydrogens (tertiary/aromatic N) is 3. The summed E-state index contributed by atoms with van der Waals surface area (Å²) in [4.78, 5) is 34.3. The van der Waals surface area contributed by atoms with Crippen molar-refractivity contribution in [2.24, 2.45) is 0 Å². The van der Waals surface area contributed by atoms with E-state index >= 15 is 0 Å². The van der Waals surface area contributed by atoms with Crippen LogP contribution in [0, 0.1) is 0 Å². The average molecular weight is 464 g/mol. The molecule has 0 fully saturated rings. The number of H-pyrrole nitrogens is 1. The van der Waals surface area contributed by atoms with Crippen molar-refractivity contribution < 1.29 is 4.79 Å². The molecule has 0 atom stereocenters. The van der Waals surface area contributed by atoms with Gasteiger partial charge in [0, 0.05) is 23.5 Å². The van der Waals surface area contributed by atoms with Crippen molar-refractivity contribution in [1.29, 1.82) is 0 Å². The number of thioether (sulfide) groups is 1. The first-order valence-corrected chi connectivity index (χ1v) is 13.2. The summed E-state index contributed by atoms with van der Waals surface area (Å²) in [5.41, 5.74) is 1.17. The van der Waals surface area contributed by atoms with Gasteiger partial charge < -0.3 is 10.3 Å². The molecule has 3 aromatic heterocycles. The van der Waals surface area contributed by atoms with Crippen molar-refractivity contribution in [2.75, 3.05) is 11.1 Å². The Labute approximate surface area is 187 Å². The summed E-state index contributed by atoms with van der Waals surface area (Å²) >= 11 is 4.69. The minimum Gasteiger partial charge on any atom is -0.309 e. The van der Waals surface area contributed by atoms with E-state index in [-0.39, 0.29) is 11.5 Å². The van der Waals surface area contributed by atoms with Crippen molar-refractivity contribution in [1.82, 2.24) is 20.2 Å². The Morgan fingerprint density at radius 3 is 3.00 bits per heavy atom. The molecule has 0 spiro atoms. The maximum atomic E-state index is 12.5. The van der Waals surface area contributed by atoms with Gasteiger partial charge in [-0.05, 0) is 31.2 Å². The van der Waals surface area contributed by atoms with Gasteiger partial charge in [0.15, 0.2) is 0 Å². The molecule has 1 aliphatic rings. The van der Waals surface area contributed by atoms with E-state index in [1.54, 1.807) is 23.1 Å². The molecule has 10 heteroatoms. The fourth-order valence-electron chi connectivity index (χ4n) is 3.56. The zero-order chi connectivity index (χ0) is 20.9. The second-order valence-electron chi connectivity index (χ2n) is 7.36. The van der Waals surface area contributed by atoms with Crippen molar-refractivity contribution in [2.45, 2.75) is 64.0 Å². The van der Waals surface area contributed by atoms with Gasteiger partial charge in [0.25, 0.3) is 5.56 Å². The Balaban J connectivity index is 1.23. The van der Waals surface area contributed by atoms with Crippen LogP contribution in [0.5, 0.6) is 0 Å². The molecule has 1 amide bonds. The van der Waals surface area contributed by atoms with Crippen LogP contribution < -0.4 is 10.9 Å². The Morgan fingerprint density at radius 1 is 1.23 bits per heavy atom. The number of thiophene rings is 1. The molecule has 0 aliphatic heterocycles. The fraction of sp³-hybridized carbons (Fsp3) is 0.550. The van der Waals surface area contributed by atoms with Gasteiger partial charge in [-0.15, -0.1) is 21.5 Å². The van der Waals surface area contributed by atoms with Crippen LogP contribution in [0.2, 0.25) is 0 Å². The van der Waals surface area contributed by atoms with Gasteiger partial charge in [-0.25, -0.2) is 4.98 Å². The SMILES string of the molecule is CCCCCc1nnc(NC(=O)CCSCc2nc3sc4c(c3c(=O)[nH]2)CCC4)s1. The minimum atomic E-state index is -0.0645. The van der Waals surface area contributed by atoms with Gasteiger partial charge in [-0.3, -0.25) is 9.59 Å². The molecule has 1 aliphatic carbocycles. The number of hydrogen-bond acceptors (Lipinski definition) is 8. The summed E-state index contributed by atoms with van der Waals surface area (Å²) in [6, 6.07) is 0. The summed E-state index contributed by atoms with van der Waals surface area (Å²) in [5.74, 6) is 1.85. The molecule has 0 saturated carbocycles. The highest BCUT2D eigenvalue weighted by Crippen LogP contribution is 2.34. The number of nitrogens with one attached hydrogen (secondary N) is 2. The van der Waals surface area contributed by atoms with E-state index in [9.17, 15) is 9.59 Å². The molecule has 2 N–H and O–H groups in total. The van der Waals surface area contributed by atoms with Gasteiger partial charge >= 0.3 is 0 Å². The summed E-state index contributed by atoms with van der Waals surface area (Å²) in [6.45, 7) is 2.17. The number of anilines is 1. The minimum absolute atomic E-state index is 0.0289. The zero-order valence-corrected chi connectivity index (χ0v) is 19.4. The lowest BCUT2D eigenvalue weighted by Gasteiger charge is -2.03. The number of hydrogen-bond donors (Lipinski definition) is 2. The molecule has 160 valence electrons. The highest BCUT2D eigenvalue weighted by molar-refractivity contribution is 7.98. The Kier molecular flexibility index (Phi) is 7.16. The average Bonchev–Trinajstić information content (AvgIpc) is 3.41. The summed E-state index contributed by atoms with van der Waals surface area (Å²) < 4.78 is 0. The maximum Gasteiger partial charge on any atom is 0.259 e. The number of carbonyl (C=O) groups excluding carboxylic acids is 1. The van der Waals surface area contributed by atoms with Crippen LogP contribution in [0.15, 0.2) is 4.79 Å². The molecule has 0 unspecified atom stereocenters. The molecule has 0 bridgehead atoms. The lowest BCUT2D eigenvalue weighted by molar-refractivity contribution is -0.115. The summed E-state index contributed by atoms with van der Waals surface area (Å²) in [5, 5.41) is 13.3. The highest BCUT2D eigenvalue weighted by atomic mass is 32.2. The number of aromatic amines is 1. The van der Waals surface area contributed by atoms with E-state index in [4.69, 9.17) is 0 Å². The van der Waals surface area contributed by atoms with E-state index in [1.165, 1.54) is 34.6 Å². The van der Waals surface area contributed by atoms with Crippen molar-refractivity contribution in [3.05, 3.63) is 31.6 Å². The first-order valence-electron chi connectivity index (χ1n) is 10.4. The van der Waals surface area contributed by atoms with Crippen molar-refractivity contribution in [3.63, 3.8) is 0 Å². The fourth-order valence-corrected chi connectivity index (χ4v) is 6.44. The number of unbranched alkanes of at least 4 members (excludes halogenated alkanes) is 2. The number of amides is 1. The predicted octanol–water partition coefficient (Wildman–Crippen LogP) is 4.32. The molecule has 0 saturated heterocycles. The third-order valence-electron chi connectivity index (χ3n) is 5.04. The van der Waals surface area contributed by atoms with E-state index in [0.717, 1.165) is 47.3 Å². The van der Waals surface area contributed by atoms with E-state index in [1.807, 2.05) is 0 Å². The van der Waals surface area contributed by atoms with Crippen LogP contribution in [0.4, 0.5) is 5.13 Å². The standard InChI is InChI=1S/C20H25N5O2S3/c1-2-3-4-8-16-24-25-20(30-16)23-15(26)9-10-28-11-14-21-18(27)17-12-6-5-7-13(12)29-19(17)22-14/h2-11H2,1H3,(H,21,22,27)(H,23,25,26). The van der Waals surface area contributed by atoms with E-state index in [2.05, 4.69) is 32.4 Å². The van der Waals surface area contributed by atoms with E-state index < -0.39 is 0 Å². The van der Waals surface area contributed by atoms with Crippen molar-refractivity contribution in [3.8, 4) is 0 Å². The topological polar surface area (TPSA) is 101 Å². The smallest absolute Gasteiger partial charge is 0.259 e. The maximum absolute atomic E-state index is 12.5. The van der Waals surface area contributed by atoms with Gasteiger partial charge in [0.05, 0.1) is 11.1 Å². The molecule has 3 heterocycles. The van der Waals surface area contributed by atoms with Crippen molar-refractivity contribution >= 4 is 55.7 Å². The molecule has 0 aromatic carbocycles. The number of carbonyl (C=O) groups is 1.